The Kier molecular flexibility index (Phi) is 5.01. The minimum Gasteiger partial charge on any atom is -0.232 e. The molecule has 2 nitrogen and oxygen atoms in total. The molecular formula is C30H21ClN2. The SMILES string of the molecule is ClC1=CCCC(c2ccc3c4ccccc4c4ccccc4c3c2)=NC(c2ccccc2)=N1. The molecule has 0 bridgehead atoms. The highest BCUT2D eigenvalue weighted by Crippen LogP contribution is 2.35. The van der Waals surface area contributed by atoms with Gasteiger partial charge in [0.05, 0.1) is 5.71 Å². The molecule has 0 amide bonds. The molecule has 33 heavy (non-hydrogen) atoms. The number of benzene rings is 5. The molecule has 0 aromatic heterocycles. The molecule has 5 aromatic rings. The van der Waals surface area contributed by atoms with E-state index in [0.29, 0.717) is 11.0 Å². The second-order valence-electron chi connectivity index (χ2n) is 8.28. The minimum absolute atomic E-state index is 0.493. The van der Waals surface area contributed by atoms with E-state index >= 15 is 0 Å². The third kappa shape index (κ3) is 3.63. The Morgan fingerprint density at radius 2 is 1.12 bits per heavy atom. The molecule has 0 atom stereocenters. The van der Waals surface area contributed by atoms with Gasteiger partial charge in [-0.1, -0.05) is 103 Å². The highest BCUT2D eigenvalue weighted by atomic mass is 35.5. The maximum atomic E-state index is 6.34. The molecule has 0 saturated carbocycles. The topological polar surface area (TPSA) is 24.7 Å². The van der Waals surface area contributed by atoms with Gasteiger partial charge in [0.2, 0.25) is 0 Å². The predicted molar refractivity (Wildman–Crippen MR) is 142 cm³/mol. The van der Waals surface area contributed by atoms with Crippen molar-refractivity contribution in [1.29, 1.82) is 0 Å². The summed E-state index contributed by atoms with van der Waals surface area (Å²) in [5, 5.41) is 8.11. The van der Waals surface area contributed by atoms with Crippen LogP contribution in [0.2, 0.25) is 0 Å². The molecule has 6 rings (SSSR count). The maximum Gasteiger partial charge on any atom is 0.161 e. The van der Waals surface area contributed by atoms with Gasteiger partial charge in [-0.3, -0.25) is 0 Å². The van der Waals surface area contributed by atoms with Gasteiger partial charge in [0, 0.05) is 5.56 Å². The fraction of sp³-hybridized carbons (Fsp3) is 0.0667. The zero-order valence-electron chi connectivity index (χ0n) is 18.0. The normalized spacial score (nSPS) is 14.5. The summed E-state index contributed by atoms with van der Waals surface area (Å²) in [6.45, 7) is 0. The first-order chi connectivity index (χ1) is 16.3. The second kappa shape index (κ2) is 8.31. The number of aliphatic imine (C=N–C) groups is 2. The predicted octanol–water partition coefficient (Wildman–Crippen LogP) is 8.26. The molecule has 3 heteroatoms. The van der Waals surface area contributed by atoms with Gasteiger partial charge < -0.3 is 0 Å². The molecule has 158 valence electrons. The first-order valence-corrected chi connectivity index (χ1v) is 11.6. The summed E-state index contributed by atoms with van der Waals surface area (Å²) in [4.78, 5) is 9.61. The molecule has 0 fully saturated rings. The lowest BCUT2D eigenvalue weighted by molar-refractivity contribution is 1.07. The van der Waals surface area contributed by atoms with Gasteiger partial charge in [0.15, 0.2) is 5.84 Å². The van der Waals surface area contributed by atoms with Crippen molar-refractivity contribution in [3.05, 3.63) is 119 Å². The van der Waals surface area contributed by atoms with Gasteiger partial charge in [-0.05, 0) is 62.9 Å². The van der Waals surface area contributed by atoms with Crippen LogP contribution in [-0.2, 0) is 0 Å². The van der Waals surface area contributed by atoms with Crippen LogP contribution in [0.4, 0.5) is 0 Å². The lowest BCUT2D eigenvalue weighted by Crippen LogP contribution is -2.08. The van der Waals surface area contributed by atoms with Crippen LogP contribution in [0.15, 0.2) is 118 Å². The van der Waals surface area contributed by atoms with Crippen molar-refractivity contribution >= 4 is 55.5 Å². The third-order valence-electron chi connectivity index (χ3n) is 6.26. The number of hydrogen-bond donors (Lipinski definition) is 0. The number of halogens is 1. The van der Waals surface area contributed by atoms with Crippen LogP contribution in [0.1, 0.15) is 24.0 Å². The van der Waals surface area contributed by atoms with E-state index in [9.17, 15) is 0 Å². The second-order valence-corrected chi connectivity index (χ2v) is 8.66. The Morgan fingerprint density at radius 3 is 1.79 bits per heavy atom. The van der Waals surface area contributed by atoms with Crippen LogP contribution in [0.25, 0.3) is 32.3 Å². The molecule has 5 aromatic carbocycles. The summed E-state index contributed by atoms with van der Waals surface area (Å²) in [6, 6.07) is 34.1. The molecule has 0 aliphatic carbocycles. The Labute approximate surface area is 197 Å². The summed E-state index contributed by atoms with van der Waals surface area (Å²) in [7, 11) is 0. The number of rotatable bonds is 2. The quantitative estimate of drug-likeness (QED) is 0.193. The van der Waals surface area contributed by atoms with Crippen LogP contribution >= 0.6 is 11.6 Å². The van der Waals surface area contributed by atoms with E-state index in [1.54, 1.807) is 0 Å². The summed E-state index contributed by atoms with van der Waals surface area (Å²) in [5.41, 5.74) is 3.11. The van der Waals surface area contributed by atoms with Crippen molar-refractivity contribution in [3.63, 3.8) is 0 Å². The van der Waals surface area contributed by atoms with E-state index in [2.05, 4.69) is 71.7 Å². The third-order valence-corrected chi connectivity index (χ3v) is 6.50. The Morgan fingerprint density at radius 1 is 0.545 bits per heavy atom. The molecule has 0 radical (unpaired) electrons. The average Bonchev–Trinajstić information content (AvgIpc) is 2.86. The van der Waals surface area contributed by atoms with Crippen molar-refractivity contribution in [2.75, 3.05) is 0 Å². The molecule has 0 N–H and O–H groups in total. The first kappa shape index (κ1) is 19.9. The number of amidine groups is 1. The van der Waals surface area contributed by atoms with Crippen LogP contribution in [0, 0.1) is 0 Å². The van der Waals surface area contributed by atoms with Crippen molar-refractivity contribution < 1.29 is 0 Å². The van der Waals surface area contributed by atoms with Crippen molar-refractivity contribution in [2.45, 2.75) is 12.8 Å². The average molecular weight is 445 g/mol. The smallest absolute Gasteiger partial charge is 0.161 e. The number of nitrogens with zero attached hydrogens (tertiary/aromatic N) is 2. The van der Waals surface area contributed by atoms with Crippen LogP contribution in [0.3, 0.4) is 0 Å². The summed E-state index contributed by atoms with van der Waals surface area (Å²) in [6.07, 6.45) is 3.59. The molecule has 1 aliphatic heterocycles. The molecule has 0 unspecified atom stereocenters. The van der Waals surface area contributed by atoms with Crippen molar-refractivity contribution in [3.8, 4) is 0 Å². The zero-order valence-corrected chi connectivity index (χ0v) is 18.8. The van der Waals surface area contributed by atoms with E-state index in [0.717, 1.165) is 29.7 Å². The van der Waals surface area contributed by atoms with E-state index in [1.165, 1.54) is 32.3 Å². The standard InChI is InChI=1S/C30H21ClN2/c31-29-16-8-15-28(32-30(33-29)20-9-2-1-3-10-20)21-17-18-26-24-13-5-4-11-22(24)23-12-6-7-14-25(23)27(26)19-21/h1-7,9-14,16-19H,8,15H2. The van der Waals surface area contributed by atoms with Crippen molar-refractivity contribution in [1.82, 2.24) is 0 Å². The van der Waals surface area contributed by atoms with Gasteiger partial charge in [0.1, 0.15) is 5.16 Å². The zero-order chi connectivity index (χ0) is 22.2. The van der Waals surface area contributed by atoms with Gasteiger partial charge >= 0.3 is 0 Å². The summed E-state index contributed by atoms with van der Waals surface area (Å²) in [5.74, 6) is 0.648. The maximum absolute atomic E-state index is 6.34. The lowest BCUT2D eigenvalue weighted by Gasteiger charge is -2.14. The minimum atomic E-state index is 0.493. The Bertz CT molecular complexity index is 1580. The van der Waals surface area contributed by atoms with Gasteiger partial charge in [-0.25, -0.2) is 9.98 Å². The van der Waals surface area contributed by atoms with Gasteiger partial charge in [-0.15, -0.1) is 0 Å². The molecule has 0 spiro atoms. The molecule has 0 saturated heterocycles. The highest BCUT2D eigenvalue weighted by molar-refractivity contribution is 6.31. The van der Waals surface area contributed by atoms with E-state index in [-0.39, 0.29) is 0 Å². The van der Waals surface area contributed by atoms with Gasteiger partial charge in [0.25, 0.3) is 0 Å². The number of allylic oxidation sites excluding steroid dienone is 1. The Balaban J connectivity index is 1.58. The first-order valence-electron chi connectivity index (χ1n) is 11.2. The van der Waals surface area contributed by atoms with E-state index in [4.69, 9.17) is 16.6 Å². The number of fused-ring (bicyclic) bond motifs is 6. The molecular weight excluding hydrogens is 424 g/mol. The summed E-state index contributed by atoms with van der Waals surface area (Å²) >= 11 is 6.34. The van der Waals surface area contributed by atoms with E-state index in [1.807, 2.05) is 36.4 Å². The lowest BCUT2D eigenvalue weighted by atomic mass is 9.92. The van der Waals surface area contributed by atoms with Crippen LogP contribution in [-0.4, -0.2) is 11.5 Å². The highest BCUT2D eigenvalue weighted by Gasteiger charge is 2.14. The van der Waals surface area contributed by atoms with Crippen molar-refractivity contribution in [2.24, 2.45) is 9.98 Å². The number of hydrogen-bond acceptors (Lipinski definition) is 2. The van der Waals surface area contributed by atoms with Crippen LogP contribution < -0.4 is 0 Å². The molecule has 1 heterocycles. The fourth-order valence-electron chi connectivity index (χ4n) is 4.70. The van der Waals surface area contributed by atoms with E-state index < -0.39 is 0 Å². The monoisotopic (exact) mass is 444 g/mol. The largest absolute Gasteiger partial charge is 0.232 e. The van der Waals surface area contributed by atoms with Crippen LogP contribution in [0.5, 0.6) is 0 Å². The molecule has 1 aliphatic rings. The Hall–Kier alpha value is -3.75. The van der Waals surface area contributed by atoms with Gasteiger partial charge in [-0.2, -0.15) is 0 Å². The fourth-order valence-corrected chi connectivity index (χ4v) is 4.89. The summed E-state index contributed by atoms with van der Waals surface area (Å²) < 4.78 is 0.